The van der Waals surface area contributed by atoms with Crippen LogP contribution in [0.15, 0.2) is 30.7 Å². The summed E-state index contributed by atoms with van der Waals surface area (Å²) >= 11 is 6.24. The van der Waals surface area contributed by atoms with E-state index in [-0.39, 0.29) is 6.04 Å². The quantitative estimate of drug-likeness (QED) is 0.912. The summed E-state index contributed by atoms with van der Waals surface area (Å²) in [6.45, 7) is 4.87. The summed E-state index contributed by atoms with van der Waals surface area (Å²) in [6.07, 6.45) is 5.68. The number of nitrogens with zero attached hydrogens (tertiary/aromatic N) is 2. The van der Waals surface area contributed by atoms with Crippen LogP contribution < -0.4 is 5.73 Å². The van der Waals surface area contributed by atoms with Crippen molar-refractivity contribution in [1.82, 2.24) is 9.55 Å². The van der Waals surface area contributed by atoms with Crippen molar-refractivity contribution in [2.45, 2.75) is 39.3 Å². The number of halogens is 1. The minimum atomic E-state index is 0.186. The summed E-state index contributed by atoms with van der Waals surface area (Å²) in [4.78, 5) is 4.39. The number of nitrogens with two attached hydrogens (primary N) is 1. The number of rotatable bonds is 5. The fourth-order valence-corrected chi connectivity index (χ4v) is 2.28. The number of imidazole rings is 1. The fraction of sp³-hybridized carbons (Fsp3) is 0.400. The third-order valence-corrected chi connectivity index (χ3v) is 3.60. The zero-order valence-corrected chi connectivity index (χ0v) is 12.2. The first-order valence-corrected chi connectivity index (χ1v) is 6.97. The number of benzene rings is 1. The molecule has 0 saturated heterocycles. The minimum absolute atomic E-state index is 0.186. The lowest BCUT2D eigenvalue weighted by atomic mass is 10.1. The van der Waals surface area contributed by atoms with Crippen LogP contribution in [0.5, 0.6) is 0 Å². The molecule has 1 unspecified atom stereocenters. The Morgan fingerprint density at radius 3 is 2.89 bits per heavy atom. The lowest BCUT2D eigenvalue weighted by Gasteiger charge is -2.06. The van der Waals surface area contributed by atoms with E-state index in [1.807, 2.05) is 30.1 Å². The minimum Gasteiger partial charge on any atom is -0.333 e. The second-order valence-corrected chi connectivity index (χ2v) is 5.41. The molecule has 1 heterocycles. The van der Waals surface area contributed by atoms with Gasteiger partial charge in [0.15, 0.2) is 0 Å². The van der Waals surface area contributed by atoms with Crippen LogP contribution in [0, 0.1) is 6.92 Å². The SMILES string of the molecule is CCC(N)Cc1cn(Cc2ccc(C)cc2Cl)cn1. The van der Waals surface area contributed by atoms with Crippen LogP contribution in [0.2, 0.25) is 5.02 Å². The zero-order chi connectivity index (χ0) is 13.8. The average Bonchev–Trinajstić information content (AvgIpc) is 2.80. The molecule has 0 saturated carbocycles. The molecule has 0 bridgehead atoms. The number of aromatic nitrogens is 2. The van der Waals surface area contributed by atoms with E-state index in [0.29, 0.717) is 0 Å². The molecule has 102 valence electrons. The first-order valence-electron chi connectivity index (χ1n) is 6.59. The Labute approximate surface area is 119 Å². The molecule has 1 aromatic heterocycles. The number of aryl methyl sites for hydroxylation is 1. The van der Waals surface area contributed by atoms with Crippen LogP contribution in [0.4, 0.5) is 0 Å². The smallest absolute Gasteiger partial charge is 0.0952 e. The van der Waals surface area contributed by atoms with Gasteiger partial charge in [-0.2, -0.15) is 0 Å². The average molecular weight is 278 g/mol. The van der Waals surface area contributed by atoms with Crippen molar-refractivity contribution in [3.05, 3.63) is 52.6 Å². The summed E-state index contributed by atoms with van der Waals surface area (Å²) < 4.78 is 2.05. The monoisotopic (exact) mass is 277 g/mol. The van der Waals surface area contributed by atoms with E-state index < -0.39 is 0 Å². The van der Waals surface area contributed by atoms with Crippen LogP contribution in [0.3, 0.4) is 0 Å². The maximum absolute atomic E-state index is 6.24. The molecule has 1 atom stereocenters. The van der Waals surface area contributed by atoms with Crippen molar-refractivity contribution in [2.24, 2.45) is 5.73 Å². The van der Waals surface area contributed by atoms with Gasteiger partial charge in [-0.25, -0.2) is 4.98 Å². The lowest BCUT2D eigenvalue weighted by molar-refractivity contribution is 0.638. The highest BCUT2D eigenvalue weighted by atomic mass is 35.5. The molecule has 3 nitrogen and oxygen atoms in total. The Hall–Kier alpha value is -1.32. The Bertz CT molecular complexity index is 548. The highest BCUT2D eigenvalue weighted by Crippen LogP contribution is 2.18. The molecule has 0 spiro atoms. The molecule has 0 aliphatic rings. The van der Waals surface area contributed by atoms with Crippen molar-refractivity contribution in [2.75, 3.05) is 0 Å². The molecular formula is C15H20ClN3. The Kier molecular flexibility index (Phi) is 4.61. The van der Waals surface area contributed by atoms with Crippen LogP contribution >= 0.6 is 11.6 Å². The van der Waals surface area contributed by atoms with Crippen molar-refractivity contribution in [1.29, 1.82) is 0 Å². The molecule has 2 rings (SSSR count). The molecule has 0 fully saturated rings. The van der Waals surface area contributed by atoms with Crippen molar-refractivity contribution in [3.63, 3.8) is 0 Å². The third-order valence-electron chi connectivity index (χ3n) is 3.24. The van der Waals surface area contributed by atoms with Gasteiger partial charge in [-0.05, 0) is 30.5 Å². The largest absolute Gasteiger partial charge is 0.333 e. The van der Waals surface area contributed by atoms with Crippen LogP contribution in [-0.4, -0.2) is 15.6 Å². The molecular weight excluding hydrogens is 258 g/mol. The summed E-state index contributed by atoms with van der Waals surface area (Å²) in [6, 6.07) is 6.31. The van der Waals surface area contributed by atoms with Gasteiger partial charge >= 0.3 is 0 Å². The van der Waals surface area contributed by atoms with Crippen LogP contribution in [0.25, 0.3) is 0 Å². The first kappa shape index (κ1) is 14.1. The topological polar surface area (TPSA) is 43.8 Å². The summed E-state index contributed by atoms with van der Waals surface area (Å²) in [5, 5.41) is 0.806. The van der Waals surface area contributed by atoms with Gasteiger partial charge in [0, 0.05) is 30.2 Å². The molecule has 2 N–H and O–H groups in total. The lowest BCUT2D eigenvalue weighted by Crippen LogP contribution is -2.21. The van der Waals surface area contributed by atoms with Crippen molar-refractivity contribution in [3.8, 4) is 0 Å². The van der Waals surface area contributed by atoms with Gasteiger partial charge in [0.25, 0.3) is 0 Å². The molecule has 0 amide bonds. The van der Waals surface area contributed by atoms with Gasteiger partial charge < -0.3 is 10.3 Å². The molecule has 0 radical (unpaired) electrons. The Morgan fingerprint density at radius 2 is 2.21 bits per heavy atom. The highest BCUT2D eigenvalue weighted by molar-refractivity contribution is 6.31. The molecule has 19 heavy (non-hydrogen) atoms. The molecule has 1 aromatic carbocycles. The Morgan fingerprint density at radius 1 is 1.42 bits per heavy atom. The number of hydrogen-bond acceptors (Lipinski definition) is 2. The van der Waals surface area contributed by atoms with Crippen molar-refractivity contribution < 1.29 is 0 Å². The maximum atomic E-state index is 6.24. The van der Waals surface area contributed by atoms with E-state index >= 15 is 0 Å². The van der Waals surface area contributed by atoms with E-state index in [1.165, 1.54) is 5.56 Å². The van der Waals surface area contributed by atoms with Crippen molar-refractivity contribution >= 4 is 11.6 Å². The zero-order valence-electron chi connectivity index (χ0n) is 11.4. The second kappa shape index (κ2) is 6.22. The standard InChI is InChI=1S/C15H20ClN3/c1-3-13(17)7-14-9-19(10-18-14)8-12-5-4-11(2)6-15(12)16/h4-6,9-10,13H,3,7-8,17H2,1-2H3. The number of hydrogen-bond donors (Lipinski definition) is 1. The summed E-state index contributed by atoms with van der Waals surface area (Å²) in [7, 11) is 0. The van der Waals surface area contributed by atoms with Crippen LogP contribution in [0.1, 0.15) is 30.2 Å². The highest BCUT2D eigenvalue weighted by Gasteiger charge is 2.06. The molecule has 2 aromatic rings. The normalized spacial score (nSPS) is 12.6. The first-order chi connectivity index (χ1) is 9.08. The van der Waals surface area contributed by atoms with Gasteiger partial charge in [-0.3, -0.25) is 0 Å². The molecule has 0 aliphatic carbocycles. The summed E-state index contributed by atoms with van der Waals surface area (Å²) in [5.41, 5.74) is 9.26. The van der Waals surface area contributed by atoms with E-state index in [9.17, 15) is 0 Å². The fourth-order valence-electron chi connectivity index (χ4n) is 1.99. The van der Waals surface area contributed by atoms with Gasteiger partial charge in [0.1, 0.15) is 0 Å². The van der Waals surface area contributed by atoms with Gasteiger partial charge in [0.05, 0.1) is 12.0 Å². The van der Waals surface area contributed by atoms with E-state index in [2.05, 4.69) is 24.0 Å². The Balaban J connectivity index is 2.07. The second-order valence-electron chi connectivity index (χ2n) is 5.00. The van der Waals surface area contributed by atoms with E-state index in [1.54, 1.807) is 0 Å². The van der Waals surface area contributed by atoms with E-state index in [4.69, 9.17) is 17.3 Å². The van der Waals surface area contributed by atoms with Gasteiger partial charge in [-0.15, -0.1) is 0 Å². The van der Waals surface area contributed by atoms with Gasteiger partial charge in [-0.1, -0.05) is 30.7 Å². The van der Waals surface area contributed by atoms with Crippen LogP contribution in [-0.2, 0) is 13.0 Å². The van der Waals surface area contributed by atoms with Gasteiger partial charge in [0.2, 0.25) is 0 Å². The molecule has 0 aliphatic heterocycles. The predicted octanol–water partition coefficient (Wildman–Crippen LogP) is 3.17. The third kappa shape index (κ3) is 3.82. The summed E-state index contributed by atoms with van der Waals surface area (Å²) in [5.74, 6) is 0. The molecule has 4 heteroatoms. The maximum Gasteiger partial charge on any atom is 0.0952 e. The van der Waals surface area contributed by atoms with E-state index in [0.717, 1.165) is 35.7 Å². The predicted molar refractivity (Wildman–Crippen MR) is 79.5 cm³/mol.